The molecule has 2 aliphatic heterocycles. The van der Waals surface area contributed by atoms with Crippen LogP contribution in [-0.2, 0) is 9.59 Å². The number of rotatable bonds is 2. The topological polar surface area (TPSA) is 86.9 Å². The second-order valence-corrected chi connectivity index (χ2v) is 4.43. The van der Waals surface area contributed by atoms with E-state index in [2.05, 4.69) is 0 Å². The van der Waals surface area contributed by atoms with Crippen LogP contribution in [0.5, 0.6) is 0 Å². The minimum Gasteiger partial charge on any atom is -0.480 e. The number of carboxylic acids is 1. The Morgan fingerprint density at radius 3 is 2.88 bits per heavy atom. The Morgan fingerprint density at radius 2 is 2.19 bits per heavy atom. The van der Waals surface area contributed by atoms with Crippen molar-refractivity contribution in [2.45, 2.75) is 37.8 Å². The van der Waals surface area contributed by atoms with Gasteiger partial charge in [-0.05, 0) is 25.7 Å². The number of hydrazine groups is 1. The van der Waals surface area contributed by atoms with Crippen LogP contribution in [0.15, 0.2) is 0 Å². The number of fused-ring (bicyclic) bond motifs is 1. The van der Waals surface area contributed by atoms with Gasteiger partial charge in [-0.15, -0.1) is 0 Å². The molecule has 0 aliphatic carbocycles. The van der Waals surface area contributed by atoms with Crippen LogP contribution in [0.2, 0.25) is 0 Å². The van der Waals surface area contributed by atoms with Gasteiger partial charge in [0.25, 0.3) is 5.91 Å². The molecule has 2 heterocycles. The molecule has 0 aromatic carbocycles. The van der Waals surface area contributed by atoms with Crippen molar-refractivity contribution in [3.63, 3.8) is 0 Å². The molecule has 0 aromatic heterocycles. The first-order valence-electron chi connectivity index (χ1n) is 5.65. The summed E-state index contributed by atoms with van der Waals surface area (Å²) < 4.78 is 0. The zero-order chi connectivity index (χ0) is 11.7. The maximum atomic E-state index is 11.9. The molecule has 2 fully saturated rings. The number of hydrogen-bond donors (Lipinski definition) is 2. The summed E-state index contributed by atoms with van der Waals surface area (Å²) in [5.41, 5.74) is 5.74. The molecule has 1 amide bonds. The summed E-state index contributed by atoms with van der Waals surface area (Å²) in [6, 6.07) is -0.262. The summed E-state index contributed by atoms with van der Waals surface area (Å²) in [6.07, 6.45) is 3.57. The molecule has 0 spiro atoms. The Morgan fingerprint density at radius 1 is 1.44 bits per heavy atom. The fourth-order valence-corrected chi connectivity index (χ4v) is 2.54. The van der Waals surface area contributed by atoms with Gasteiger partial charge in [0.2, 0.25) is 0 Å². The Labute approximate surface area is 94.0 Å². The number of aliphatic carboxylic acids is 1. The number of carbonyl (C=O) groups excluding carboxylic acids is 1. The number of hydrogen-bond acceptors (Lipinski definition) is 4. The smallest absolute Gasteiger partial charge is 0.324 e. The molecular formula is C10H17N3O3. The molecule has 0 saturated carbocycles. The van der Waals surface area contributed by atoms with Crippen molar-refractivity contribution in [1.29, 1.82) is 0 Å². The molecular weight excluding hydrogens is 210 g/mol. The second-order valence-electron chi connectivity index (χ2n) is 4.43. The first-order valence-corrected chi connectivity index (χ1v) is 5.65. The maximum Gasteiger partial charge on any atom is 0.324 e. The van der Waals surface area contributed by atoms with Crippen molar-refractivity contribution in [2.75, 3.05) is 13.1 Å². The zero-order valence-electron chi connectivity index (χ0n) is 9.13. The van der Waals surface area contributed by atoms with Gasteiger partial charge in [-0.3, -0.25) is 14.6 Å². The summed E-state index contributed by atoms with van der Waals surface area (Å²) in [7, 11) is 0. The minimum absolute atomic E-state index is 0.258. The van der Waals surface area contributed by atoms with E-state index < -0.39 is 12.0 Å². The average Bonchev–Trinajstić information content (AvgIpc) is 2.65. The highest BCUT2D eigenvalue weighted by Crippen LogP contribution is 2.27. The number of carbonyl (C=O) groups is 2. The Bertz CT molecular complexity index is 308. The Kier molecular flexibility index (Phi) is 3.11. The summed E-state index contributed by atoms with van der Waals surface area (Å²) >= 11 is 0. The predicted molar refractivity (Wildman–Crippen MR) is 56.3 cm³/mol. The first-order chi connectivity index (χ1) is 7.59. The Balaban J connectivity index is 2.19. The van der Waals surface area contributed by atoms with Crippen molar-refractivity contribution in [1.82, 2.24) is 10.0 Å². The van der Waals surface area contributed by atoms with Crippen LogP contribution in [0.3, 0.4) is 0 Å². The van der Waals surface area contributed by atoms with Crippen LogP contribution in [0.1, 0.15) is 25.7 Å². The molecule has 2 aliphatic rings. The highest BCUT2D eigenvalue weighted by molar-refractivity contribution is 5.85. The van der Waals surface area contributed by atoms with E-state index in [1.807, 2.05) is 5.01 Å². The lowest BCUT2D eigenvalue weighted by atomic mass is 10.1. The van der Waals surface area contributed by atoms with Gasteiger partial charge in [0, 0.05) is 12.6 Å². The highest BCUT2D eigenvalue weighted by Gasteiger charge is 2.38. The third-order valence-electron chi connectivity index (χ3n) is 3.32. The molecule has 6 heteroatoms. The quantitative estimate of drug-likeness (QED) is 0.658. The van der Waals surface area contributed by atoms with E-state index in [0.29, 0.717) is 6.42 Å². The summed E-state index contributed by atoms with van der Waals surface area (Å²) in [4.78, 5) is 22.7. The van der Waals surface area contributed by atoms with Crippen LogP contribution in [0.25, 0.3) is 0 Å². The molecule has 90 valence electrons. The van der Waals surface area contributed by atoms with Crippen molar-refractivity contribution in [3.8, 4) is 0 Å². The fraction of sp³-hybridized carbons (Fsp3) is 0.800. The fourth-order valence-electron chi connectivity index (χ4n) is 2.54. The lowest BCUT2D eigenvalue weighted by Gasteiger charge is -2.33. The summed E-state index contributed by atoms with van der Waals surface area (Å²) in [5, 5.41) is 12.0. The van der Waals surface area contributed by atoms with Crippen LogP contribution in [0, 0.1) is 0 Å². The van der Waals surface area contributed by atoms with E-state index in [4.69, 9.17) is 10.8 Å². The van der Waals surface area contributed by atoms with E-state index in [0.717, 1.165) is 25.8 Å². The largest absolute Gasteiger partial charge is 0.480 e. The van der Waals surface area contributed by atoms with E-state index >= 15 is 0 Å². The molecule has 0 radical (unpaired) electrons. The molecule has 2 saturated heterocycles. The van der Waals surface area contributed by atoms with Gasteiger partial charge in [-0.25, -0.2) is 5.01 Å². The van der Waals surface area contributed by atoms with E-state index in [1.54, 1.807) is 0 Å². The second kappa shape index (κ2) is 4.39. The van der Waals surface area contributed by atoms with Crippen LogP contribution < -0.4 is 5.73 Å². The van der Waals surface area contributed by atoms with E-state index in [1.165, 1.54) is 5.01 Å². The van der Waals surface area contributed by atoms with Gasteiger partial charge in [0.15, 0.2) is 0 Å². The van der Waals surface area contributed by atoms with Gasteiger partial charge in [0.1, 0.15) is 6.54 Å². The van der Waals surface area contributed by atoms with Crippen LogP contribution >= 0.6 is 0 Å². The van der Waals surface area contributed by atoms with Crippen molar-refractivity contribution in [2.24, 2.45) is 5.73 Å². The summed E-state index contributed by atoms with van der Waals surface area (Å²) in [6.45, 7) is 0.486. The third kappa shape index (κ3) is 2.03. The lowest BCUT2D eigenvalue weighted by Crippen LogP contribution is -2.53. The van der Waals surface area contributed by atoms with Crippen LogP contribution in [-0.4, -0.2) is 52.2 Å². The molecule has 0 unspecified atom stereocenters. The van der Waals surface area contributed by atoms with Gasteiger partial charge in [-0.1, -0.05) is 0 Å². The van der Waals surface area contributed by atoms with Gasteiger partial charge < -0.3 is 10.8 Å². The molecule has 6 nitrogen and oxygen atoms in total. The summed E-state index contributed by atoms with van der Waals surface area (Å²) in [5.74, 6) is -1.25. The standard InChI is InChI=1S/C10H17N3O3/c11-8-4-3-7-2-1-5-12(7)13(10(8)16)6-9(14)15/h7-8H,1-6,11H2,(H,14,15)/t7-,8-/m0/s1. The lowest BCUT2D eigenvalue weighted by molar-refractivity contribution is -0.159. The highest BCUT2D eigenvalue weighted by atomic mass is 16.4. The normalized spacial score (nSPS) is 31.3. The van der Waals surface area contributed by atoms with Crippen molar-refractivity contribution >= 4 is 11.9 Å². The molecule has 2 rings (SSSR count). The zero-order valence-corrected chi connectivity index (χ0v) is 9.13. The SMILES string of the molecule is N[C@H]1CC[C@@H]2CCCN2N(CC(=O)O)C1=O. The molecule has 0 aromatic rings. The van der Waals surface area contributed by atoms with Crippen LogP contribution in [0.4, 0.5) is 0 Å². The number of nitrogens with two attached hydrogens (primary N) is 1. The molecule has 0 bridgehead atoms. The van der Waals surface area contributed by atoms with E-state index in [9.17, 15) is 9.59 Å². The van der Waals surface area contributed by atoms with Crippen molar-refractivity contribution < 1.29 is 14.7 Å². The van der Waals surface area contributed by atoms with E-state index in [-0.39, 0.29) is 18.5 Å². The van der Waals surface area contributed by atoms with Gasteiger partial charge >= 0.3 is 5.97 Å². The molecule has 2 atom stereocenters. The number of carboxylic acid groups (broad SMARTS) is 1. The van der Waals surface area contributed by atoms with Gasteiger partial charge in [0.05, 0.1) is 6.04 Å². The number of nitrogens with zero attached hydrogens (tertiary/aromatic N) is 2. The average molecular weight is 227 g/mol. The minimum atomic E-state index is -0.992. The van der Waals surface area contributed by atoms with Crippen molar-refractivity contribution in [3.05, 3.63) is 0 Å². The molecule has 3 N–H and O–H groups in total. The first kappa shape index (κ1) is 11.3. The predicted octanol–water partition coefficient (Wildman–Crippen LogP) is -0.600. The monoisotopic (exact) mass is 227 g/mol. The third-order valence-corrected chi connectivity index (χ3v) is 3.32. The maximum absolute atomic E-state index is 11.9. The Hall–Kier alpha value is -1.14. The number of amides is 1. The molecule has 16 heavy (non-hydrogen) atoms. The van der Waals surface area contributed by atoms with Gasteiger partial charge in [-0.2, -0.15) is 0 Å².